The van der Waals surface area contributed by atoms with Gasteiger partial charge in [-0.3, -0.25) is 0 Å². The Labute approximate surface area is 130 Å². The number of halogens is 2. The van der Waals surface area contributed by atoms with Crippen LogP contribution in [-0.2, 0) is 12.8 Å². The van der Waals surface area contributed by atoms with Crippen LogP contribution in [-0.4, -0.2) is 12.0 Å². The van der Waals surface area contributed by atoms with Gasteiger partial charge in [0.15, 0.2) is 0 Å². The molecule has 1 N–H and O–H groups in total. The topological polar surface area (TPSA) is 24.9 Å². The molecule has 1 unspecified atom stereocenters. The van der Waals surface area contributed by atoms with Crippen LogP contribution in [0.3, 0.4) is 0 Å². The molecule has 1 aliphatic rings. The molecule has 1 aliphatic carbocycles. The Kier molecular flexibility index (Phi) is 3.94. The second kappa shape index (κ2) is 5.52. The molecule has 1 aromatic carbocycles. The van der Waals surface area contributed by atoms with Gasteiger partial charge in [0.25, 0.3) is 0 Å². The van der Waals surface area contributed by atoms with Crippen molar-refractivity contribution in [3.05, 3.63) is 48.8 Å². The third kappa shape index (κ3) is 2.59. The van der Waals surface area contributed by atoms with Crippen molar-refractivity contribution in [2.24, 2.45) is 0 Å². The average Bonchev–Trinajstić information content (AvgIpc) is 2.95. The standard InChI is InChI=1S/C14H14BrClN2S/c1-17-13(9-7-8(15)5-6-10(9)16)14-18-11-3-2-4-12(11)19-14/h5-7,13,17H,2-4H2,1H3. The first-order chi connectivity index (χ1) is 9.19. The van der Waals surface area contributed by atoms with Crippen molar-refractivity contribution < 1.29 is 0 Å². The summed E-state index contributed by atoms with van der Waals surface area (Å²) in [5, 5.41) is 5.23. The fraction of sp³-hybridized carbons (Fsp3) is 0.357. The average molecular weight is 358 g/mol. The summed E-state index contributed by atoms with van der Waals surface area (Å²) in [6, 6.07) is 6.02. The van der Waals surface area contributed by atoms with Crippen molar-refractivity contribution in [2.45, 2.75) is 25.3 Å². The monoisotopic (exact) mass is 356 g/mol. The lowest BCUT2D eigenvalue weighted by molar-refractivity contribution is 0.682. The molecule has 100 valence electrons. The summed E-state index contributed by atoms with van der Waals surface area (Å²) in [5.41, 5.74) is 2.36. The van der Waals surface area contributed by atoms with Crippen LogP contribution in [0.5, 0.6) is 0 Å². The summed E-state index contributed by atoms with van der Waals surface area (Å²) in [4.78, 5) is 6.24. The van der Waals surface area contributed by atoms with Crippen LogP contribution in [0.2, 0.25) is 5.02 Å². The highest BCUT2D eigenvalue weighted by atomic mass is 79.9. The van der Waals surface area contributed by atoms with Crippen molar-refractivity contribution in [2.75, 3.05) is 7.05 Å². The van der Waals surface area contributed by atoms with E-state index in [9.17, 15) is 0 Å². The number of rotatable bonds is 3. The molecule has 0 radical (unpaired) electrons. The smallest absolute Gasteiger partial charge is 0.115 e. The van der Waals surface area contributed by atoms with Crippen molar-refractivity contribution in [1.82, 2.24) is 10.3 Å². The maximum Gasteiger partial charge on any atom is 0.115 e. The number of hydrogen-bond donors (Lipinski definition) is 1. The predicted octanol–water partition coefficient (Wildman–Crippen LogP) is 4.36. The molecule has 0 amide bonds. The fourth-order valence-corrected chi connectivity index (χ4v) is 4.37. The first-order valence-electron chi connectivity index (χ1n) is 6.29. The number of nitrogens with one attached hydrogen (secondary N) is 1. The number of aryl methyl sites for hydroxylation is 2. The SMILES string of the molecule is CNC(c1nc2c(s1)CCC2)c1cc(Br)ccc1Cl. The zero-order chi connectivity index (χ0) is 13.4. The molecule has 1 heterocycles. The van der Waals surface area contributed by atoms with Crippen LogP contribution in [0.15, 0.2) is 22.7 Å². The molecule has 0 bridgehead atoms. The maximum atomic E-state index is 6.33. The minimum atomic E-state index is 0.0700. The molecule has 2 nitrogen and oxygen atoms in total. The van der Waals surface area contributed by atoms with E-state index in [1.54, 1.807) is 0 Å². The quantitative estimate of drug-likeness (QED) is 0.883. The Morgan fingerprint density at radius 1 is 1.42 bits per heavy atom. The Morgan fingerprint density at radius 3 is 3.00 bits per heavy atom. The van der Waals surface area contributed by atoms with Gasteiger partial charge < -0.3 is 5.32 Å². The zero-order valence-corrected chi connectivity index (χ0v) is 13.7. The number of hydrogen-bond acceptors (Lipinski definition) is 3. The molecule has 0 saturated heterocycles. The number of benzene rings is 1. The Bertz CT molecular complexity index is 590. The Hall–Kier alpha value is -0.420. The predicted molar refractivity (Wildman–Crippen MR) is 84.2 cm³/mol. The van der Waals surface area contributed by atoms with Gasteiger partial charge in [-0.05, 0) is 50.1 Å². The van der Waals surface area contributed by atoms with Gasteiger partial charge in [-0.2, -0.15) is 0 Å². The number of thiazole rings is 1. The van der Waals surface area contributed by atoms with Crippen LogP contribution >= 0.6 is 38.9 Å². The first-order valence-corrected chi connectivity index (χ1v) is 8.28. The van der Waals surface area contributed by atoms with E-state index in [1.807, 2.05) is 30.5 Å². The van der Waals surface area contributed by atoms with Crippen LogP contribution in [0, 0.1) is 0 Å². The van der Waals surface area contributed by atoms with Crippen LogP contribution in [0.25, 0.3) is 0 Å². The minimum Gasteiger partial charge on any atom is -0.307 e. The second-order valence-electron chi connectivity index (χ2n) is 4.66. The van der Waals surface area contributed by atoms with Crippen molar-refractivity contribution in [3.8, 4) is 0 Å². The number of nitrogens with zero attached hydrogens (tertiary/aromatic N) is 1. The van der Waals surface area contributed by atoms with E-state index in [4.69, 9.17) is 16.6 Å². The molecule has 0 fully saturated rings. The lowest BCUT2D eigenvalue weighted by atomic mass is 10.1. The summed E-state index contributed by atoms with van der Waals surface area (Å²) >= 11 is 11.7. The molecular formula is C14H14BrClN2S. The second-order valence-corrected chi connectivity index (χ2v) is 7.10. The first kappa shape index (κ1) is 13.6. The van der Waals surface area contributed by atoms with E-state index in [2.05, 4.69) is 27.3 Å². The van der Waals surface area contributed by atoms with E-state index in [0.717, 1.165) is 26.5 Å². The number of aromatic nitrogens is 1. The van der Waals surface area contributed by atoms with Crippen molar-refractivity contribution >= 4 is 38.9 Å². The highest BCUT2D eigenvalue weighted by Gasteiger charge is 2.23. The van der Waals surface area contributed by atoms with E-state index in [-0.39, 0.29) is 6.04 Å². The largest absolute Gasteiger partial charge is 0.307 e. The molecule has 3 rings (SSSR count). The van der Waals surface area contributed by atoms with E-state index >= 15 is 0 Å². The molecule has 0 spiro atoms. The van der Waals surface area contributed by atoms with Gasteiger partial charge in [-0.1, -0.05) is 27.5 Å². The van der Waals surface area contributed by atoms with Crippen molar-refractivity contribution in [3.63, 3.8) is 0 Å². The molecule has 1 aromatic heterocycles. The van der Waals surface area contributed by atoms with Crippen LogP contribution < -0.4 is 5.32 Å². The molecule has 5 heteroatoms. The van der Waals surface area contributed by atoms with Gasteiger partial charge in [-0.25, -0.2) is 4.98 Å². The molecule has 0 saturated carbocycles. The third-order valence-corrected chi connectivity index (χ3v) is 5.48. The van der Waals surface area contributed by atoms with E-state index < -0.39 is 0 Å². The van der Waals surface area contributed by atoms with E-state index in [0.29, 0.717) is 0 Å². The molecule has 0 aliphatic heterocycles. The fourth-order valence-electron chi connectivity index (χ4n) is 2.48. The number of fused-ring (bicyclic) bond motifs is 1. The van der Waals surface area contributed by atoms with Crippen LogP contribution in [0.1, 0.15) is 33.6 Å². The summed E-state index contributed by atoms with van der Waals surface area (Å²) in [6.07, 6.45) is 3.54. The molecular weight excluding hydrogens is 344 g/mol. The highest BCUT2D eigenvalue weighted by molar-refractivity contribution is 9.10. The molecule has 1 atom stereocenters. The molecule has 2 aromatic rings. The minimum absolute atomic E-state index is 0.0700. The summed E-state index contributed by atoms with van der Waals surface area (Å²) < 4.78 is 1.04. The van der Waals surface area contributed by atoms with Gasteiger partial charge in [0.2, 0.25) is 0 Å². The Morgan fingerprint density at radius 2 is 2.26 bits per heavy atom. The lowest BCUT2D eigenvalue weighted by Crippen LogP contribution is -2.18. The van der Waals surface area contributed by atoms with Gasteiger partial charge in [-0.15, -0.1) is 11.3 Å². The van der Waals surface area contributed by atoms with Gasteiger partial charge in [0.05, 0.1) is 11.7 Å². The van der Waals surface area contributed by atoms with E-state index in [1.165, 1.54) is 23.4 Å². The summed E-state index contributed by atoms with van der Waals surface area (Å²) in [6.45, 7) is 0. The molecule has 19 heavy (non-hydrogen) atoms. The highest BCUT2D eigenvalue weighted by Crippen LogP contribution is 2.36. The lowest BCUT2D eigenvalue weighted by Gasteiger charge is -2.16. The third-order valence-electron chi connectivity index (χ3n) is 3.42. The summed E-state index contributed by atoms with van der Waals surface area (Å²) in [7, 11) is 1.95. The Balaban J connectivity index is 2.01. The maximum absolute atomic E-state index is 6.33. The van der Waals surface area contributed by atoms with Crippen LogP contribution in [0.4, 0.5) is 0 Å². The summed E-state index contributed by atoms with van der Waals surface area (Å²) in [5.74, 6) is 0. The normalized spacial score (nSPS) is 15.5. The van der Waals surface area contributed by atoms with Crippen molar-refractivity contribution in [1.29, 1.82) is 0 Å². The van der Waals surface area contributed by atoms with Gasteiger partial charge in [0, 0.05) is 14.4 Å². The van der Waals surface area contributed by atoms with Gasteiger partial charge in [0.1, 0.15) is 5.01 Å². The zero-order valence-electron chi connectivity index (χ0n) is 10.5. The van der Waals surface area contributed by atoms with Gasteiger partial charge >= 0.3 is 0 Å².